The van der Waals surface area contributed by atoms with E-state index in [9.17, 15) is 4.79 Å². The van der Waals surface area contributed by atoms with Crippen molar-refractivity contribution in [3.8, 4) is 11.5 Å². The molecule has 0 aromatic heterocycles. The number of carbonyl (C=O) groups is 1. The summed E-state index contributed by atoms with van der Waals surface area (Å²) >= 11 is 3.45. The molecule has 0 spiro atoms. The molecule has 116 valence electrons. The minimum Gasteiger partial charge on any atom is -0.497 e. The normalized spacial score (nSPS) is 11.6. The number of carbonyl (C=O) groups excluding carboxylic acids is 1. The van der Waals surface area contributed by atoms with Gasteiger partial charge in [0, 0.05) is 5.56 Å². The predicted molar refractivity (Wildman–Crippen MR) is 89.6 cm³/mol. The topological polar surface area (TPSA) is 47.6 Å². The molecule has 1 atom stereocenters. The van der Waals surface area contributed by atoms with Gasteiger partial charge in [-0.3, -0.25) is 4.79 Å². The molecule has 5 heteroatoms. The van der Waals surface area contributed by atoms with Crippen molar-refractivity contribution in [3.05, 3.63) is 58.1 Å². The highest BCUT2D eigenvalue weighted by atomic mass is 79.9. The zero-order chi connectivity index (χ0) is 16.1. The predicted octanol–water partition coefficient (Wildman–Crippen LogP) is 3.96. The molecule has 0 fully saturated rings. The van der Waals surface area contributed by atoms with Crippen LogP contribution in [-0.4, -0.2) is 20.1 Å². The second-order valence-corrected chi connectivity index (χ2v) is 5.67. The Labute approximate surface area is 138 Å². The van der Waals surface area contributed by atoms with Gasteiger partial charge < -0.3 is 14.8 Å². The lowest BCUT2D eigenvalue weighted by atomic mass is 10.1. The summed E-state index contributed by atoms with van der Waals surface area (Å²) in [5.41, 5.74) is 1.59. The Kier molecular flexibility index (Phi) is 5.44. The smallest absolute Gasteiger partial charge is 0.251 e. The number of hydrogen-bond donors (Lipinski definition) is 1. The van der Waals surface area contributed by atoms with Crippen LogP contribution in [0.25, 0.3) is 0 Å². The maximum Gasteiger partial charge on any atom is 0.251 e. The van der Waals surface area contributed by atoms with Gasteiger partial charge in [0.05, 0.1) is 24.7 Å². The highest BCUT2D eigenvalue weighted by Crippen LogP contribution is 2.28. The van der Waals surface area contributed by atoms with Gasteiger partial charge in [-0.1, -0.05) is 6.07 Å². The molecule has 4 nitrogen and oxygen atoms in total. The van der Waals surface area contributed by atoms with Crippen LogP contribution in [0.2, 0.25) is 0 Å². The summed E-state index contributed by atoms with van der Waals surface area (Å²) in [6, 6.07) is 12.6. The molecule has 2 aromatic carbocycles. The molecule has 0 aliphatic rings. The maximum atomic E-state index is 12.2. The molecule has 0 saturated carbocycles. The first-order valence-corrected chi connectivity index (χ1v) is 7.62. The van der Waals surface area contributed by atoms with E-state index < -0.39 is 0 Å². The van der Waals surface area contributed by atoms with Crippen molar-refractivity contribution in [2.24, 2.45) is 0 Å². The van der Waals surface area contributed by atoms with Crippen molar-refractivity contribution >= 4 is 21.8 Å². The molecule has 0 aliphatic heterocycles. The average molecular weight is 364 g/mol. The van der Waals surface area contributed by atoms with E-state index in [2.05, 4.69) is 21.2 Å². The zero-order valence-electron chi connectivity index (χ0n) is 12.7. The van der Waals surface area contributed by atoms with Gasteiger partial charge in [0.15, 0.2) is 0 Å². The van der Waals surface area contributed by atoms with Gasteiger partial charge in [-0.15, -0.1) is 0 Å². The zero-order valence-corrected chi connectivity index (χ0v) is 14.3. The third-order valence-corrected chi connectivity index (χ3v) is 4.00. The molecule has 0 aliphatic carbocycles. The van der Waals surface area contributed by atoms with E-state index in [1.54, 1.807) is 38.5 Å². The summed E-state index contributed by atoms with van der Waals surface area (Å²) < 4.78 is 11.2. The quantitative estimate of drug-likeness (QED) is 0.874. The molecule has 22 heavy (non-hydrogen) atoms. The summed E-state index contributed by atoms with van der Waals surface area (Å²) in [5.74, 6) is 1.36. The summed E-state index contributed by atoms with van der Waals surface area (Å²) in [5, 5.41) is 2.97. The molecule has 2 aromatic rings. The first-order valence-electron chi connectivity index (χ1n) is 6.83. The van der Waals surface area contributed by atoms with Gasteiger partial charge in [-0.05, 0) is 64.8 Å². The number of rotatable bonds is 5. The fourth-order valence-corrected chi connectivity index (χ4v) is 2.62. The number of benzene rings is 2. The molecule has 0 heterocycles. The summed E-state index contributed by atoms with van der Waals surface area (Å²) in [4.78, 5) is 12.2. The number of methoxy groups -OCH3 is 2. The minimum absolute atomic E-state index is 0.114. The number of ether oxygens (including phenoxy) is 2. The van der Waals surface area contributed by atoms with E-state index in [1.165, 1.54) is 0 Å². The van der Waals surface area contributed by atoms with E-state index in [0.717, 1.165) is 21.5 Å². The van der Waals surface area contributed by atoms with Crippen molar-refractivity contribution in [2.75, 3.05) is 14.2 Å². The molecule has 0 bridgehead atoms. The molecule has 2 rings (SSSR count). The third kappa shape index (κ3) is 3.80. The second-order valence-electron chi connectivity index (χ2n) is 4.82. The van der Waals surface area contributed by atoms with Crippen LogP contribution in [0.15, 0.2) is 46.9 Å². The molecule has 1 N–H and O–H groups in total. The summed E-state index contributed by atoms with van der Waals surface area (Å²) in [6.07, 6.45) is 0. The number of nitrogens with one attached hydrogen (secondary N) is 1. The fourth-order valence-electron chi connectivity index (χ4n) is 2.06. The SMILES string of the molecule is COc1ccc(C(=O)N[C@@H](C)c2ccc(OC)c(Br)c2)cc1. The Bertz CT molecular complexity index is 655. The fraction of sp³-hybridized carbons (Fsp3) is 0.235. The maximum absolute atomic E-state index is 12.2. The van der Waals surface area contributed by atoms with Crippen LogP contribution in [0.1, 0.15) is 28.9 Å². The van der Waals surface area contributed by atoms with E-state index in [0.29, 0.717) is 5.56 Å². The van der Waals surface area contributed by atoms with Gasteiger partial charge in [-0.2, -0.15) is 0 Å². The van der Waals surface area contributed by atoms with E-state index in [-0.39, 0.29) is 11.9 Å². The van der Waals surface area contributed by atoms with Crippen LogP contribution >= 0.6 is 15.9 Å². The monoisotopic (exact) mass is 363 g/mol. The highest BCUT2D eigenvalue weighted by molar-refractivity contribution is 9.10. The first kappa shape index (κ1) is 16.4. The van der Waals surface area contributed by atoms with Gasteiger partial charge >= 0.3 is 0 Å². The second kappa shape index (κ2) is 7.31. The lowest BCUT2D eigenvalue weighted by Crippen LogP contribution is -2.26. The van der Waals surface area contributed by atoms with Crippen LogP contribution in [-0.2, 0) is 0 Å². The van der Waals surface area contributed by atoms with Crippen LogP contribution in [0.5, 0.6) is 11.5 Å². The van der Waals surface area contributed by atoms with Crippen molar-refractivity contribution in [1.82, 2.24) is 5.32 Å². The molecule has 0 unspecified atom stereocenters. The van der Waals surface area contributed by atoms with E-state index in [1.807, 2.05) is 25.1 Å². The minimum atomic E-state index is -0.123. The Morgan fingerprint density at radius 1 is 1.09 bits per heavy atom. The van der Waals surface area contributed by atoms with Gasteiger partial charge in [0.2, 0.25) is 0 Å². The lowest BCUT2D eigenvalue weighted by molar-refractivity contribution is 0.0940. The van der Waals surface area contributed by atoms with Crippen LogP contribution in [0.3, 0.4) is 0 Å². The van der Waals surface area contributed by atoms with Crippen molar-refractivity contribution in [2.45, 2.75) is 13.0 Å². The van der Waals surface area contributed by atoms with E-state index in [4.69, 9.17) is 9.47 Å². The van der Waals surface area contributed by atoms with Crippen molar-refractivity contribution in [1.29, 1.82) is 0 Å². The molecular weight excluding hydrogens is 346 g/mol. The third-order valence-electron chi connectivity index (χ3n) is 3.38. The number of amides is 1. The molecule has 0 radical (unpaired) electrons. The van der Waals surface area contributed by atoms with Gasteiger partial charge in [0.1, 0.15) is 11.5 Å². The van der Waals surface area contributed by atoms with Crippen LogP contribution in [0.4, 0.5) is 0 Å². The summed E-state index contributed by atoms with van der Waals surface area (Å²) in [6.45, 7) is 1.94. The Balaban J connectivity index is 2.08. The van der Waals surface area contributed by atoms with Crippen molar-refractivity contribution in [3.63, 3.8) is 0 Å². The van der Waals surface area contributed by atoms with Gasteiger partial charge in [-0.25, -0.2) is 0 Å². The lowest BCUT2D eigenvalue weighted by Gasteiger charge is -2.16. The number of halogens is 1. The Morgan fingerprint density at radius 2 is 1.77 bits per heavy atom. The molecule has 0 saturated heterocycles. The van der Waals surface area contributed by atoms with Crippen LogP contribution < -0.4 is 14.8 Å². The van der Waals surface area contributed by atoms with E-state index >= 15 is 0 Å². The largest absolute Gasteiger partial charge is 0.497 e. The molecule has 1 amide bonds. The average Bonchev–Trinajstić information content (AvgIpc) is 2.54. The van der Waals surface area contributed by atoms with Crippen LogP contribution in [0, 0.1) is 0 Å². The first-order chi connectivity index (χ1) is 10.5. The number of hydrogen-bond acceptors (Lipinski definition) is 3. The standard InChI is InChI=1S/C17H18BrNO3/c1-11(13-6-9-16(22-3)15(18)10-13)19-17(20)12-4-7-14(21-2)8-5-12/h4-11H,1-3H3,(H,19,20)/t11-/m0/s1. The van der Waals surface area contributed by atoms with Crippen molar-refractivity contribution < 1.29 is 14.3 Å². The Morgan fingerprint density at radius 3 is 2.32 bits per heavy atom. The summed E-state index contributed by atoms with van der Waals surface area (Å²) in [7, 11) is 3.22. The molecular formula is C17H18BrNO3. The highest BCUT2D eigenvalue weighted by Gasteiger charge is 2.13. The van der Waals surface area contributed by atoms with Gasteiger partial charge in [0.25, 0.3) is 5.91 Å². The Hall–Kier alpha value is -2.01.